The largest absolute Gasteiger partial charge is 0.481 e. The Bertz CT molecular complexity index is 1180. The van der Waals surface area contributed by atoms with Gasteiger partial charge in [-0.1, -0.05) is 66.2 Å². The third kappa shape index (κ3) is 4.99. The van der Waals surface area contributed by atoms with E-state index < -0.39 is 30.2 Å². The molecule has 0 heterocycles. The molecule has 0 aromatic carbocycles. The van der Waals surface area contributed by atoms with Crippen LogP contribution >= 0.6 is 0 Å². The van der Waals surface area contributed by atoms with Crippen molar-refractivity contribution in [3.05, 3.63) is 23.3 Å². The molecule has 2 fully saturated rings. The number of carbonyl (C=O) groups is 4. The molecule has 0 amide bonds. The molecule has 2 N–H and O–H groups in total. The van der Waals surface area contributed by atoms with Crippen LogP contribution in [0.25, 0.3) is 0 Å². The number of fused-ring (bicyclic) bond motifs is 4. The Kier molecular flexibility index (Phi) is 8.20. The van der Waals surface area contributed by atoms with Crippen molar-refractivity contribution in [2.75, 3.05) is 0 Å². The molecule has 0 aromatic rings. The average Bonchev–Trinajstić information content (AvgIpc) is 3.15. The first kappa shape index (κ1) is 31.5. The van der Waals surface area contributed by atoms with Crippen molar-refractivity contribution < 1.29 is 34.1 Å². The molecule has 0 aliphatic heterocycles. The van der Waals surface area contributed by atoms with Crippen LogP contribution in [-0.4, -0.2) is 40.0 Å². The Morgan fingerprint density at radius 2 is 1.59 bits per heavy atom. The number of aliphatic carboxylic acids is 2. The van der Waals surface area contributed by atoms with E-state index in [9.17, 15) is 24.3 Å². The quantitative estimate of drug-likeness (QED) is 0.133. The first-order valence-corrected chi connectivity index (χ1v) is 15.5. The number of allylic oxidation sites excluding steroid dienone is 2. The highest BCUT2D eigenvalue weighted by Crippen LogP contribution is 2.72. The molecule has 0 bridgehead atoms. The fourth-order valence-corrected chi connectivity index (χ4v) is 10.2. The van der Waals surface area contributed by atoms with E-state index in [0.29, 0.717) is 18.3 Å². The molecule has 4 aliphatic rings. The molecule has 7 heteroatoms. The smallest absolute Gasteiger partial charge is 0.331 e. The number of carboxylic acid groups (broad SMARTS) is 2. The first-order valence-electron chi connectivity index (χ1n) is 15.5. The van der Waals surface area contributed by atoms with Crippen molar-refractivity contribution in [1.82, 2.24) is 0 Å². The van der Waals surface area contributed by atoms with Crippen molar-refractivity contribution in [3.63, 3.8) is 0 Å². The molecule has 2 saturated carbocycles. The van der Waals surface area contributed by atoms with Crippen LogP contribution in [0.2, 0.25) is 0 Å². The zero-order chi connectivity index (χ0) is 30.7. The first-order chi connectivity index (χ1) is 18.9. The molecule has 8 atom stereocenters. The van der Waals surface area contributed by atoms with Crippen LogP contribution in [0.3, 0.4) is 0 Å². The summed E-state index contributed by atoms with van der Waals surface area (Å²) in [5.41, 5.74) is 3.08. The van der Waals surface area contributed by atoms with Gasteiger partial charge >= 0.3 is 17.9 Å². The van der Waals surface area contributed by atoms with Crippen LogP contribution < -0.4 is 0 Å². The highest BCUT2D eigenvalue weighted by atomic mass is 16.5. The number of ether oxygens (including phenoxy) is 1. The van der Waals surface area contributed by atoms with Crippen LogP contribution in [0.4, 0.5) is 0 Å². The van der Waals surface area contributed by atoms with Crippen molar-refractivity contribution in [2.45, 2.75) is 119 Å². The summed E-state index contributed by atoms with van der Waals surface area (Å²) < 4.78 is 5.77. The van der Waals surface area contributed by atoms with E-state index in [4.69, 9.17) is 9.84 Å². The van der Waals surface area contributed by atoms with E-state index >= 15 is 0 Å². The fourth-order valence-electron chi connectivity index (χ4n) is 10.2. The lowest BCUT2D eigenvalue weighted by Gasteiger charge is -2.62. The highest BCUT2D eigenvalue weighted by Gasteiger charge is 2.63. The SMILES string of the molecule is C=C(C(=O)O)[C@H](C)C(=O)C[C@@H](C)[C@H]1CC[C@@]2(C)C3=C(CC[C@]12C)[C@@]1(C)CC[C@@H](OC(=O)CC(=O)O)C(C)(C)[C@@H]1CC3. The Labute approximate surface area is 245 Å². The van der Waals surface area contributed by atoms with Gasteiger partial charge in [-0.2, -0.15) is 0 Å². The summed E-state index contributed by atoms with van der Waals surface area (Å²) >= 11 is 0. The molecule has 41 heavy (non-hydrogen) atoms. The highest BCUT2D eigenvalue weighted by molar-refractivity contribution is 5.96. The van der Waals surface area contributed by atoms with Gasteiger partial charge in [0.05, 0.1) is 0 Å². The molecule has 0 unspecified atom stereocenters. The van der Waals surface area contributed by atoms with Crippen LogP contribution in [0.15, 0.2) is 23.3 Å². The second-order valence-corrected chi connectivity index (χ2v) is 15.0. The summed E-state index contributed by atoms with van der Waals surface area (Å²) in [6.45, 7) is 19.1. The van der Waals surface area contributed by atoms with E-state index in [1.54, 1.807) is 18.1 Å². The number of hydrogen-bond donors (Lipinski definition) is 2. The molecule has 228 valence electrons. The van der Waals surface area contributed by atoms with Gasteiger partial charge in [0, 0.05) is 23.3 Å². The Balaban J connectivity index is 1.57. The number of hydrogen-bond acceptors (Lipinski definition) is 5. The average molecular weight is 571 g/mol. The number of esters is 1. The third-order valence-electron chi connectivity index (χ3n) is 12.8. The predicted octanol–water partition coefficient (Wildman–Crippen LogP) is 6.99. The molecule has 4 rings (SSSR count). The summed E-state index contributed by atoms with van der Waals surface area (Å²) in [6, 6.07) is 0. The molecule has 0 saturated heterocycles. The van der Waals surface area contributed by atoms with Crippen molar-refractivity contribution in [1.29, 1.82) is 0 Å². The lowest BCUT2D eigenvalue weighted by molar-refractivity contribution is -0.172. The number of ketones is 1. The summed E-state index contributed by atoms with van der Waals surface area (Å²) in [7, 11) is 0. The molecule has 7 nitrogen and oxygen atoms in total. The van der Waals surface area contributed by atoms with Crippen LogP contribution in [0, 0.1) is 45.3 Å². The van der Waals surface area contributed by atoms with E-state index in [1.807, 2.05) is 0 Å². The topological polar surface area (TPSA) is 118 Å². The van der Waals surface area contributed by atoms with Gasteiger partial charge in [-0.3, -0.25) is 14.4 Å². The molecule has 0 spiro atoms. The van der Waals surface area contributed by atoms with E-state index in [2.05, 4.69) is 48.1 Å². The van der Waals surface area contributed by atoms with Gasteiger partial charge in [-0.15, -0.1) is 0 Å². The van der Waals surface area contributed by atoms with Crippen LogP contribution in [0.5, 0.6) is 0 Å². The third-order valence-corrected chi connectivity index (χ3v) is 12.8. The summed E-state index contributed by atoms with van der Waals surface area (Å²) in [4.78, 5) is 47.7. The number of rotatable bonds is 9. The maximum Gasteiger partial charge on any atom is 0.331 e. The molecular formula is C34H50O7. The second kappa shape index (κ2) is 10.7. The second-order valence-electron chi connectivity index (χ2n) is 15.0. The van der Waals surface area contributed by atoms with Gasteiger partial charge in [0.25, 0.3) is 0 Å². The Morgan fingerprint density at radius 3 is 2.20 bits per heavy atom. The molecule has 0 radical (unpaired) electrons. The van der Waals surface area contributed by atoms with Crippen LogP contribution in [-0.2, 0) is 23.9 Å². The van der Waals surface area contributed by atoms with Gasteiger partial charge in [-0.25, -0.2) is 4.79 Å². The van der Waals surface area contributed by atoms with E-state index in [-0.39, 0.29) is 45.0 Å². The van der Waals surface area contributed by atoms with Gasteiger partial charge in [-0.05, 0) is 85.4 Å². The Hall–Kier alpha value is -2.44. The van der Waals surface area contributed by atoms with E-state index in [1.165, 1.54) is 0 Å². The van der Waals surface area contributed by atoms with Crippen LogP contribution in [0.1, 0.15) is 113 Å². The van der Waals surface area contributed by atoms with Crippen molar-refractivity contribution in [3.8, 4) is 0 Å². The number of Topliss-reactive ketones (excluding diaryl/α,β-unsaturated/α-hetero) is 1. The molecular weight excluding hydrogens is 520 g/mol. The minimum Gasteiger partial charge on any atom is -0.481 e. The maximum atomic E-state index is 13.0. The standard InChI is InChI=1S/C34H50O7/c1-19(17-25(35)20(2)21(3)30(39)40)22-11-15-34(8)24-9-10-26-31(4,5)27(41-29(38)18-28(36)37)13-14-32(26,6)23(24)12-16-33(22,34)7/h19-20,22,26-27H,3,9-18H2,1-2,4-8H3,(H,36,37)(H,39,40)/t19-,20+,22-,26+,27-,32-,33-,34+/m1/s1. The fraction of sp³-hybridized carbons (Fsp3) is 0.765. The molecule has 0 aromatic heterocycles. The van der Waals surface area contributed by atoms with Crippen molar-refractivity contribution in [2.24, 2.45) is 45.3 Å². The lowest BCUT2D eigenvalue weighted by Crippen LogP contribution is -2.56. The van der Waals surface area contributed by atoms with Crippen molar-refractivity contribution >= 4 is 23.7 Å². The molecule has 4 aliphatic carbocycles. The summed E-state index contributed by atoms with van der Waals surface area (Å²) in [6.07, 6.45) is 7.49. The number of carboxylic acids is 2. The van der Waals surface area contributed by atoms with Gasteiger partial charge in [0.1, 0.15) is 18.3 Å². The predicted molar refractivity (Wildman–Crippen MR) is 156 cm³/mol. The number of carbonyl (C=O) groups excluding carboxylic acids is 2. The zero-order valence-corrected chi connectivity index (χ0v) is 26.1. The lowest BCUT2D eigenvalue weighted by atomic mass is 9.43. The zero-order valence-electron chi connectivity index (χ0n) is 26.1. The summed E-state index contributed by atoms with van der Waals surface area (Å²) in [5, 5.41) is 18.3. The minimum atomic E-state index is -1.16. The monoisotopic (exact) mass is 570 g/mol. The Morgan fingerprint density at radius 1 is 0.927 bits per heavy atom. The van der Waals surface area contributed by atoms with Gasteiger partial charge in [0.15, 0.2) is 0 Å². The van der Waals surface area contributed by atoms with Gasteiger partial charge in [0.2, 0.25) is 0 Å². The van der Waals surface area contributed by atoms with E-state index in [0.717, 1.165) is 51.4 Å². The van der Waals surface area contributed by atoms with Gasteiger partial charge < -0.3 is 14.9 Å². The normalized spacial score (nSPS) is 37.2. The maximum absolute atomic E-state index is 13.0. The minimum absolute atomic E-state index is 0.0173. The summed E-state index contributed by atoms with van der Waals surface area (Å²) in [5.74, 6) is -2.72.